The van der Waals surface area contributed by atoms with Crippen molar-refractivity contribution >= 4 is 0 Å². The second-order valence-electron chi connectivity index (χ2n) is 4.95. The van der Waals surface area contributed by atoms with Gasteiger partial charge in [0.15, 0.2) is 0 Å². The summed E-state index contributed by atoms with van der Waals surface area (Å²) >= 11 is 0. The van der Waals surface area contributed by atoms with Gasteiger partial charge >= 0.3 is 0 Å². The average molecular weight is 297 g/mol. The Morgan fingerprint density at radius 1 is 1.10 bits per heavy atom. The normalized spacial score (nSPS) is 14.0. The van der Waals surface area contributed by atoms with Crippen molar-refractivity contribution in [1.29, 1.82) is 0 Å². The first-order chi connectivity index (χ1) is 10.2. The SMILES string of the molecule is COCc1cc(C(C)NCC(COC)OC)ccc1OC. The molecule has 2 atom stereocenters. The number of hydrogen-bond acceptors (Lipinski definition) is 5. The molecule has 0 amide bonds. The lowest BCUT2D eigenvalue weighted by atomic mass is 10.0. The molecule has 0 heterocycles. The molecule has 2 unspecified atom stereocenters. The van der Waals surface area contributed by atoms with Crippen molar-refractivity contribution in [1.82, 2.24) is 5.32 Å². The van der Waals surface area contributed by atoms with Gasteiger partial charge in [0.05, 0.1) is 26.4 Å². The van der Waals surface area contributed by atoms with E-state index in [1.165, 1.54) is 5.56 Å². The van der Waals surface area contributed by atoms with Gasteiger partial charge in [0.1, 0.15) is 5.75 Å². The van der Waals surface area contributed by atoms with Gasteiger partial charge in [0.2, 0.25) is 0 Å². The summed E-state index contributed by atoms with van der Waals surface area (Å²) in [6.45, 7) is 3.97. The quantitative estimate of drug-likeness (QED) is 0.717. The Hall–Kier alpha value is -1.14. The number of hydrogen-bond donors (Lipinski definition) is 1. The van der Waals surface area contributed by atoms with Crippen LogP contribution in [-0.2, 0) is 20.8 Å². The van der Waals surface area contributed by atoms with Gasteiger partial charge in [-0.05, 0) is 24.6 Å². The maximum Gasteiger partial charge on any atom is 0.124 e. The van der Waals surface area contributed by atoms with E-state index in [0.29, 0.717) is 13.2 Å². The zero-order valence-corrected chi connectivity index (χ0v) is 13.6. The van der Waals surface area contributed by atoms with Crippen molar-refractivity contribution < 1.29 is 18.9 Å². The fraction of sp³-hybridized carbons (Fsp3) is 0.625. The Kier molecular flexibility index (Phi) is 8.30. The van der Waals surface area contributed by atoms with Gasteiger partial charge in [-0.2, -0.15) is 0 Å². The molecule has 0 spiro atoms. The summed E-state index contributed by atoms with van der Waals surface area (Å²) in [6, 6.07) is 6.36. The Morgan fingerprint density at radius 3 is 2.43 bits per heavy atom. The van der Waals surface area contributed by atoms with Crippen molar-refractivity contribution in [3.63, 3.8) is 0 Å². The van der Waals surface area contributed by atoms with Crippen LogP contribution in [0.1, 0.15) is 24.1 Å². The zero-order valence-electron chi connectivity index (χ0n) is 13.6. The van der Waals surface area contributed by atoms with Crippen LogP contribution in [0.25, 0.3) is 0 Å². The van der Waals surface area contributed by atoms with Crippen LogP contribution in [-0.4, -0.2) is 47.7 Å². The first-order valence-electron chi connectivity index (χ1n) is 7.07. The number of nitrogens with one attached hydrogen (secondary N) is 1. The van der Waals surface area contributed by atoms with E-state index in [2.05, 4.69) is 24.4 Å². The molecule has 5 heteroatoms. The molecule has 1 rings (SSSR count). The molecule has 1 aromatic carbocycles. The summed E-state index contributed by atoms with van der Waals surface area (Å²) in [4.78, 5) is 0. The van der Waals surface area contributed by atoms with E-state index < -0.39 is 0 Å². The van der Waals surface area contributed by atoms with Crippen LogP contribution in [0.15, 0.2) is 18.2 Å². The molecule has 1 aromatic rings. The summed E-state index contributed by atoms with van der Waals surface area (Å²) < 4.78 is 21.0. The highest BCUT2D eigenvalue weighted by molar-refractivity contribution is 5.38. The Morgan fingerprint density at radius 2 is 1.86 bits per heavy atom. The minimum atomic E-state index is 0.0501. The second-order valence-corrected chi connectivity index (χ2v) is 4.95. The van der Waals surface area contributed by atoms with Gasteiger partial charge in [0, 0.05) is 39.5 Å². The topological polar surface area (TPSA) is 49.0 Å². The second kappa shape index (κ2) is 9.73. The van der Waals surface area contributed by atoms with E-state index in [9.17, 15) is 0 Å². The van der Waals surface area contributed by atoms with E-state index in [0.717, 1.165) is 17.9 Å². The molecule has 0 radical (unpaired) electrons. The third-order valence-corrected chi connectivity index (χ3v) is 3.44. The minimum Gasteiger partial charge on any atom is -0.496 e. The zero-order chi connectivity index (χ0) is 15.7. The van der Waals surface area contributed by atoms with Gasteiger partial charge in [0.25, 0.3) is 0 Å². The van der Waals surface area contributed by atoms with Crippen molar-refractivity contribution in [2.24, 2.45) is 0 Å². The lowest BCUT2D eigenvalue weighted by molar-refractivity contribution is 0.0276. The molecule has 0 saturated heterocycles. The van der Waals surface area contributed by atoms with Crippen LogP contribution < -0.4 is 10.1 Å². The van der Waals surface area contributed by atoms with Crippen molar-refractivity contribution in [2.75, 3.05) is 41.6 Å². The van der Waals surface area contributed by atoms with Crippen molar-refractivity contribution in [3.8, 4) is 5.75 Å². The summed E-state index contributed by atoms with van der Waals surface area (Å²) in [5, 5.41) is 3.45. The largest absolute Gasteiger partial charge is 0.496 e. The van der Waals surface area contributed by atoms with Crippen molar-refractivity contribution in [2.45, 2.75) is 25.7 Å². The number of rotatable bonds is 10. The van der Waals surface area contributed by atoms with Crippen LogP contribution in [0.3, 0.4) is 0 Å². The van der Waals surface area contributed by atoms with E-state index in [1.807, 2.05) is 6.07 Å². The van der Waals surface area contributed by atoms with Crippen LogP contribution in [0.5, 0.6) is 5.75 Å². The summed E-state index contributed by atoms with van der Waals surface area (Å²) in [7, 11) is 6.72. The van der Waals surface area contributed by atoms with Gasteiger partial charge < -0.3 is 24.3 Å². The first kappa shape index (κ1) is 17.9. The summed E-state index contributed by atoms with van der Waals surface area (Å²) in [5.74, 6) is 0.849. The van der Waals surface area contributed by atoms with E-state index in [1.54, 1.807) is 28.4 Å². The lowest BCUT2D eigenvalue weighted by Gasteiger charge is -2.20. The van der Waals surface area contributed by atoms with E-state index in [-0.39, 0.29) is 12.1 Å². The summed E-state index contributed by atoms with van der Waals surface area (Å²) in [5.41, 5.74) is 2.24. The predicted molar refractivity (Wildman–Crippen MR) is 82.8 cm³/mol. The van der Waals surface area contributed by atoms with Crippen LogP contribution in [0.4, 0.5) is 0 Å². The molecule has 0 bridgehead atoms. The third kappa shape index (κ3) is 5.63. The van der Waals surface area contributed by atoms with Gasteiger partial charge in [-0.25, -0.2) is 0 Å². The maximum atomic E-state index is 5.35. The molecule has 0 aliphatic heterocycles. The maximum absolute atomic E-state index is 5.35. The Balaban J connectivity index is 2.68. The Labute approximate surface area is 127 Å². The minimum absolute atomic E-state index is 0.0501. The molecule has 0 aliphatic rings. The highest BCUT2D eigenvalue weighted by Gasteiger charge is 2.12. The van der Waals surface area contributed by atoms with Crippen LogP contribution in [0, 0.1) is 0 Å². The molecule has 1 N–H and O–H groups in total. The fourth-order valence-electron chi connectivity index (χ4n) is 2.16. The molecule has 21 heavy (non-hydrogen) atoms. The Bertz CT molecular complexity index is 411. The van der Waals surface area contributed by atoms with E-state index in [4.69, 9.17) is 18.9 Å². The number of ether oxygens (including phenoxy) is 4. The highest BCUT2D eigenvalue weighted by atomic mass is 16.5. The molecular weight excluding hydrogens is 270 g/mol. The molecule has 0 aliphatic carbocycles. The van der Waals surface area contributed by atoms with Gasteiger partial charge in [-0.1, -0.05) is 6.07 Å². The molecule has 0 aromatic heterocycles. The first-order valence-corrected chi connectivity index (χ1v) is 7.07. The molecule has 0 fully saturated rings. The molecule has 0 saturated carbocycles. The monoisotopic (exact) mass is 297 g/mol. The molecule has 120 valence electrons. The van der Waals surface area contributed by atoms with E-state index >= 15 is 0 Å². The number of methoxy groups -OCH3 is 4. The highest BCUT2D eigenvalue weighted by Crippen LogP contribution is 2.24. The van der Waals surface area contributed by atoms with Crippen LogP contribution >= 0.6 is 0 Å². The van der Waals surface area contributed by atoms with Crippen LogP contribution in [0.2, 0.25) is 0 Å². The number of benzene rings is 1. The lowest BCUT2D eigenvalue weighted by Crippen LogP contribution is -2.33. The standard InChI is InChI=1S/C16H27NO4/c1-12(17-9-15(20-4)11-19-3)13-6-7-16(21-5)14(8-13)10-18-2/h6-8,12,15,17H,9-11H2,1-5H3. The molecular formula is C16H27NO4. The smallest absolute Gasteiger partial charge is 0.124 e. The van der Waals surface area contributed by atoms with Gasteiger partial charge in [-0.3, -0.25) is 0 Å². The fourth-order valence-corrected chi connectivity index (χ4v) is 2.16. The van der Waals surface area contributed by atoms with Gasteiger partial charge in [-0.15, -0.1) is 0 Å². The third-order valence-electron chi connectivity index (χ3n) is 3.44. The predicted octanol–water partition coefficient (Wildman–Crippen LogP) is 2.15. The van der Waals surface area contributed by atoms with Crippen molar-refractivity contribution in [3.05, 3.63) is 29.3 Å². The summed E-state index contributed by atoms with van der Waals surface area (Å²) in [6.07, 6.45) is 0.0501. The average Bonchev–Trinajstić information content (AvgIpc) is 2.51. The molecule has 5 nitrogen and oxygen atoms in total.